The molecule has 3 heteroatoms. The van der Waals surface area contributed by atoms with Crippen molar-refractivity contribution < 1.29 is 74.0 Å². The average molecular weight is 309 g/mol. The SMILES string of the molecule is [Cs+].[O-]c1cccc(C2CCCNC2)c1. The molecule has 1 fully saturated rings. The summed E-state index contributed by atoms with van der Waals surface area (Å²) in [4.78, 5) is 0. The molecule has 14 heavy (non-hydrogen) atoms. The zero-order chi connectivity index (χ0) is 9.10. The van der Waals surface area contributed by atoms with Crippen molar-refractivity contribution in [3.63, 3.8) is 0 Å². The van der Waals surface area contributed by atoms with Gasteiger partial charge in [-0.15, -0.1) is 5.75 Å². The molecule has 1 aromatic carbocycles. The summed E-state index contributed by atoms with van der Waals surface area (Å²) in [5, 5.41) is 14.5. The van der Waals surface area contributed by atoms with Gasteiger partial charge in [-0.05, 0) is 30.9 Å². The number of hydrogen-bond acceptors (Lipinski definition) is 2. The second kappa shape index (κ2) is 6.58. The van der Waals surface area contributed by atoms with Crippen molar-refractivity contribution >= 4 is 0 Å². The fourth-order valence-corrected chi connectivity index (χ4v) is 1.90. The van der Waals surface area contributed by atoms with Crippen LogP contribution in [-0.2, 0) is 0 Å². The Balaban J connectivity index is 0.000000980. The van der Waals surface area contributed by atoms with Gasteiger partial charge in [-0.2, -0.15) is 0 Å². The Labute approximate surface area is 144 Å². The average Bonchev–Trinajstić information content (AvgIpc) is 2.19. The Morgan fingerprint density at radius 2 is 2.21 bits per heavy atom. The van der Waals surface area contributed by atoms with E-state index in [2.05, 4.69) is 11.4 Å². The van der Waals surface area contributed by atoms with Crippen molar-refractivity contribution in [3.8, 4) is 5.75 Å². The molecule has 1 aliphatic heterocycles. The molecule has 2 rings (SSSR count). The molecule has 1 saturated heterocycles. The van der Waals surface area contributed by atoms with E-state index in [1.807, 2.05) is 6.07 Å². The molecule has 0 bridgehead atoms. The van der Waals surface area contributed by atoms with Crippen LogP contribution in [0.15, 0.2) is 24.3 Å². The van der Waals surface area contributed by atoms with Crippen LogP contribution >= 0.6 is 0 Å². The summed E-state index contributed by atoms with van der Waals surface area (Å²) in [5.74, 6) is 0.672. The van der Waals surface area contributed by atoms with E-state index in [0.29, 0.717) is 5.92 Å². The molecule has 1 N–H and O–H groups in total. The van der Waals surface area contributed by atoms with Crippen LogP contribution in [-0.4, -0.2) is 13.1 Å². The minimum absolute atomic E-state index is 0. The molecule has 70 valence electrons. The molecule has 0 amide bonds. The van der Waals surface area contributed by atoms with Crippen LogP contribution < -0.4 is 79.3 Å². The third kappa shape index (κ3) is 3.56. The largest absolute Gasteiger partial charge is 1.00 e. The first-order valence-electron chi connectivity index (χ1n) is 4.84. The number of nitrogens with one attached hydrogen (secondary N) is 1. The van der Waals surface area contributed by atoms with E-state index in [4.69, 9.17) is 0 Å². The molecule has 0 saturated carbocycles. The number of rotatable bonds is 1. The van der Waals surface area contributed by atoms with E-state index in [0.717, 1.165) is 13.1 Å². The first kappa shape index (κ1) is 13.1. The van der Waals surface area contributed by atoms with E-state index in [9.17, 15) is 5.11 Å². The van der Waals surface area contributed by atoms with Crippen molar-refractivity contribution in [2.75, 3.05) is 13.1 Å². The normalized spacial score (nSPS) is 21.3. The number of hydrogen-bond donors (Lipinski definition) is 1. The first-order valence-corrected chi connectivity index (χ1v) is 4.84. The third-order valence-electron chi connectivity index (χ3n) is 2.63. The van der Waals surface area contributed by atoms with E-state index in [-0.39, 0.29) is 74.6 Å². The quantitative estimate of drug-likeness (QED) is 0.667. The van der Waals surface area contributed by atoms with Gasteiger partial charge >= 0.3 is 68.9 Å². The van der Waals surface area contributed by atoms with Crippen molar-refractivity contribution in [3.05, 3.63) is 29.8 Å². The van der Waals surface area contributed by atoms with Crippen molar-refractivity contribution in [1.82, 2.24) is 5.32 Å². The van der Waals surface area contributed by atoms with Gasteiger partial charge in [0, 0.05) is 6.54 Å². The molecule has 2 nitrogen and oxygen atoms in total. The minimum Gasteiger partial charge on any atom is -0.872 e. The predicted molar refractivity (Wildman–Crippen MR) is 50.7 cm³/mol. The van der Waals surface area contributed by atoms with Gasteiger partial charge in [-0.3, -0.25) is 0 Å². The summed E-state index contributed by atoms with van der Waals surface area (Å²) in [7, 11) is 0. The van der Waals surface area contributed by atoms with E-state index in [1.54, 1.807) is 12.1 Å². The van der Waals surface area contributed by atoms with Crippen LogP contribution in [0.2, 0.25) is 0 Å². The monoisotopic (exact) mass is 309 g/mol. The second-order valence-electron chi connectivity index (χ2n) is 3.62. The van der Waals surface area contributed by atoms with E-state index in [1.165, 1.54) is 18.4 Å². The number of benzene rings is 1. The molecule has 1 atom stereocenters. The van der Waals surface area contributed by atoms with Gasteiger partial charge < -0.3 is 10.4 Å². The Morgan fingerprint density at radius 1 is 1.36 bits per heavy atom. The number of piperidine rings is 1. The maximum Gasteiger partial charge on any atom is 1.00 e. The van der Waals surface area contributed by atoms with Gasteiger partial charge in [0.15, 0.2) is 0 Å². The summed E-state index contributed by atoms with van der Waals surface area (Å²) in [6, 6.07) is 7.28. The van der Waals surface area contributed by atoms with Crippen molar-refractivity contribution in [1.29, 1.82) is 0 Å². The molecular formula is C11H14CsNO. The second-order valence-corrected chi connectivity index (χ2v) is 3.62. The summed E-state index contributed by atoms with van der Waals surface area (Å²) < 4.78 is 0. The van der Waals surface area contributed by atoms with Crippen LogP contribution in [0.25, 0.3) is 0 Å². The summed E-state index contributed by atoms with van der Waals surface area (Å²) in [5.41, 5.74) is 1.19. The Hall–Kier alpha value is 1.03. The molecule has 1 aliphatic rings. The Kier molecular flexibility index (Phi) is 6.16. The van der Waals surface area contributed by atoms with Gasteiger partial charge in [0.05, 0.1) is 0 Å². The fourth-order valence-electron chi connectivity index (χ4n) is 1.90. The maximum atomic E-state index is 11.1. The Morgan fingerprint density at radius 3 is 2.86 bits per heavy atom. The standard InChI is InChI=1S/C11H15NO.Cs/c13-11-5-1-3-9(7-11)10-4-2-6-12-8-10;/h1,3,5,7,10,12-13H,2,4,6,8H2;/q;+1/p-1. The zero-order valence-electron chi connectivity index (χ0n) is 8.62. The molecule has 1 heterocycles. The molecule has 0 aromatic heterocycles. The van der Waals surface area contributed by atoms with Gasteiger partial charge in [0.2, 0.25) is 0 Å². The summed E-state index contributed by atoms with van der Waals surface area (Å²) in [6.45, 7) is 2.14. The Bertz CT molecular complexity index is 284. The predicted octanol–water partition coefficient (Wildman–Crippen LogP) is -1.77. The topological polar surface area (TPSA) is 35.1 Å². The van der Waals surface area contributed by atoms with Gasteiger partial charge in [0.25, 0.3) is 0 Å². The molecule has 0 aliphatic carbocycles. The van der Waals surface area contributed by atoms with Crippen LogP contribution in [0.5, 0.6) is 5.75 Å². The van der Waals surface area contributed by atoms with Gasteiger partial charge in [-0.25, -0.2) is 0 Å². The fraction of sp³-hybridized carbons (Fsp3) is 0.455. The smallest absolute Gasteiger partial charge is 0.872 e. The summed E-state index contributed by atoms with van der Waals surface area (Å²) >= 11 is 0. The van der Waals surface area contributed by atoms with Gasteiger partial charge in [0.1, 0.15) is 0 Å². The minimum atomic E-state index is 0. The molecule has 0 radical (unpaired) electrons. The van der Waals surface area contributed by atoms with Crippen LogP contribution in [0.4, 0.5) is 0 Å². The van der Waals surface area contributed by atoms with Crippen molar-refractivity contribution in [2.45, 2.75) is 18.8 Å². The summed E-state index contributed by atoms with van der Waals surface area (Å²) in [6.07, 6.45) is 2.42. The third-order valence-corrected chi connectivity index (χ3v) is 2.63. The van der Waals surface area contributed by atoms with Crippen LogP contribution in [0.1, 0.15) is 24.3 Å². The van der Waals surface area contributed by atoms with Crippen molar-refractivity contribution in [2.24, 2.45) is 0 Å². The van der Waals surface area contributed by atoms with Gasteiger partial charge in [-0.1, -0.05) is 24.3 Å². The molecule has 0 spiro atoms. The molecule has 1 unspecified atom stereocenters. The van der Waals surface area contributed by atoms with E-state index < -0.39 is 0 Å². The van der Waals surface area contributed by atoms with Crippen LogP contribution in [0.3, 0.4) is 0 Å². The van der Waals surface area contributed by atoms with Crippen LogP contribution in [0, 0.1) is 0 Å². The first-order chi connectivity index (χ1) is 6.36. The van der Waals surface area contributed by atoms with E-state index >= 15 is 0 Å². The maximum absolute atomic E-state index is 11.1. The molecular weight excluding hydrogens is 295 g/mol. The zero-order valence-corrected chi connectivity index (χ0v) is 14.9. The molecule has 1 aromatic rings.